The minimum absolute atomic E-state index is 0.0122. The Hall–Kier alpha value is -3.56. The van der Waals surface area contributed by atoms with Gasteiger partial charge in [-0.1, -0.05) is 41.9 Å². The van der Waals surface area contributed by atoms with Crippen LogP contribution in [0.2, 0.25) is 5.02 Å². The zero-order chi connectivity index (χ0) is 26.3. The minimum Gasteiger partial charge on any atom is -0.484 e. The molecule has 3 aromatic rings. The van der Waals surface area contributed by atoms with Crippen LogP contribution in [0.15, 0.2) is 65.5 Å². The molecule has 2 aliphatic heterocycles. The van der Waals surface area contributed by atoms with E-state index < -0.39 is 0 Å². The molecule has 38 heavy (non-hydrogen) atoms. The van der Waals surface area contributed by atoms with Gasteiger partial charge in [0, 0.05) is 65.0 Å². The van der Waals surface area contributed by atoms with Crippen LogP contribution in [0.1, 0.15) is 12.1 Å². The number of carbonyl (C=O) groups excluding carboxylic acids is 1. The maximum atomic E-state index is 12.7. The molecule has 9 nitrogen and oxygen atoms in total. The smallest absolute Gasteiger partial charge is 0.260 e. The van der Waals surface area contributed by atoms with E-state index in [1.165, 1.54) is 0 Å². The second kappa shape index (κ2) is 12.3. The van der Waals surface area contributed by atoms with Crippen molar-refractivity contribution in [1.29, 1.82) is 0 Å². The number of benzene rings is 2. The van der Waals surface area contributed by atoms with Gasteiger partial charge >= 0.3 is 0 Å². The largest absolute Gasteiger partial charge is 0.484 e. The molecular weight excluding hydrogens is 504 g/mol. The highest BCUT2D eigenvalue weighted by Gasteiger charge is 2.23. The molecule has 0 spiro atoms. The molecule has 0 aliphatic carbocycles. The van der Waals surface area contributed by atoms with E-state index >= 15 is 0 Å². The van der Waals surface area contributed by atoms with Crippen molar-refractivity contribution in [2.75, 3.05) is 68.8 Å². The number of amides is 1. The molecular formula is C28H33ClN6O3. The van der Waals surface area contributed by atoms with Gasteiger partial charge in [-0.05, 0) is 30.7 Å². The zero-order valence-electron chi connectivity index (χ0n) is 21.4. The van der Waals surface area contributed by atoms with Gasteiger partial charge in [-0.15, -0.1) is 0 Å². The second-order valence-corrected chi connectivity index (χ2v) is 10.0. The SMILES string of the molecule is O=C(COc1ccccc1)N1CCCN(c2nc(CN3CCN(c4ccccc4Cl)CC3)cc(=O)[nH]2)CC1. The average Bonchev–Trinajstić information content (AvgIpc) is 3.20. The number of para-hydroxylation sites is 2. The predicted molar refractivity (Wildman–Crippen MR) is 149 cm³/mol. The third-order valence-corrected chi connectivity index (χ3v) is 7.31. The predicted octanol–water partition coefficient (Wildman–Crippen LogP) is 2.86. The molecule has 2 saturated heterocycles. The summed E-state index contributed by atoms with van der Waals surface area (Å²) in [6.45, 7) is 6.59. The number of H-pyrrole nitrogens is 1. The molecule has 1 N–H and O–H groups in total. The fourth-order valence-electron chi connectivity index (χ4n) is 4.94. The molecule has 0 saturated carbocycles. The van der Waals surface area contributed by atoms with E-state index in [9.17, 15) is 9.59 Å². The zero-order valence-corrected chi connectivity index (χ0v) is 22.1. The van der Waals surface area contributed by atoms with E-state index in [-0.39, 0.29) is 18.1 Å². The first-order chi connectivity index (χ1) is 18.5. The highest BCUT2D eigenvalue weighted by atomic mass is 35.5. The highest BCUT2D eigenvalue weighted by Crippen LogP contribution is 2.26. The first-order valence-electron chi connectivity index (χ1n) is 13.1. The second-order valence-electron chi connectivity index (χ2n) is 9.60. The topological polar surface area (TPSA) is 85.0 Å². The molecule has 0 radical (unpaired) electrons. The van der Waals surface area contributed by atoms with Crippen molar-refractivity contribution in [2.24, 2.45) is 0 Å². The number of carbonyl (C=O) groups is 1. The molecule has 1 amide bonds. The summed E-state index contributed by atoms with van der Waals surface area (Å²) in [5.74, 6) is 1.21. The number of aromatic amines is 1. The Kier molecular flexibility index (Phi) is 8.45. The standard InChI is InChI=1S/C28H33ClN6O3/c29-24-9-4-5-10-25(24)33-15-13-32(14-16-33)20-22-19-26(36)31-28(30-22)35-12-6-11-34(17-18-35)27(37)21-38-23-7-2-1-3-8-23/h1-5,7-10,19H,6,11-18,20-21H2,(H,30,31,36). The van der Waals surface area contributed by atoms with Crippen LogP contribution >= 0.6 is 11.6 Å². The van der Waals surface area contributed by atoms with Crippen LogP contribution in [0.5, 0.6) is 5.75 Å². The number of anilines is 2. The van der Waals surface area contributed by atoms with Gasteiger partial charge in [0.25, 0.3) is 11.5 Å². The van der Waals surface area contributed by atoms with Crippen LogP contribution < -0.4 is 20.1 Å². The van der Waals surface area contributed by atoms with Gasteiger partial charge in [-0.2, -0.15) is 0 Å². The monoisotopic (exact) mass is 536 g/mol. The molecule has 2 aromatic carbocycles. The van der Waals surface area contributed by atoms with Crippen LogP contribution in [0.4, 0.5) is 11.6 Å². The quantitative estimate of drug-likeness (QED) is 0.497. The summed E-state index contributed by atoms with van der Waals surface area (Å²) in [5.41, 5.74) is 1.65. The van der Waals surface area contributed by atoms with Crippen molar-refractivity contribution in [3.05, 3.63) is 81.7 Å². The number of nitrogens with one attached hydrogen (secondary N) is 1. The van der Waals surface area contributed by atoms with E-state index in [2.05, 4.69) is 25.8 Å². The van der Waals surface area contributed by atoms with E-state index in [0.717, 1.165) is 49.0 Å². The van der Waals surface area contributed by atoms with Crippen LogP contribution in [-0.2, 0) is 11.3 Å². The summed E-state index contributed by atoms with van der Waals surface area (Å²) in [6.07, 6.45) is 0.787. The lowest BCUT2D eigenvalue weighted by molar-refractivity contribution is -0.133. The Morgan fingerprint density at radius 2 is 1.63 bits per heavy atom. The fourth-order valence-corrected chi connectivity index (χ4v) is 5.20. The van der Waals surface area contributed by atoms with Crippen LogP contribution in [0.3, 0.4) is 0 Å². The maximum absolute atomic E-state index is 12.7. The molecule has 1 aromatic heterocycles. The molecule has 10 heteroatoms. The normalized spacial score (nSPS) is 16.8. The molecule has 2 fully saturated rings. The van der Waals surface area contributed by atoms with Crippen molar-refractivity contribution in [2.45, 2.75) is 13.0 Å². The van der Waals surface area contributed by atoms with Gasteiger partial charge in [-0.3, -0.25) is 19.5 Å². The number of halogens is 1. The Labute approximate surface area is 227 Å². The lowest BCUT2D eigenvalue weighted by Crippen LogP contribution is -2.46. The number of hydrogen-bond donors (Lipinski definition) is 1. The van der Waals surface area contributed by atoms with E-state index in [0.29, 0.717) is 44.4 Å². The Bertz CT molecular complexity index is 1280. The number of hydrogen-bond acceptors (Lipinski definition) is 7. The molecule has 0 atom stereocenters. The fraction of sp³-hybridized carbons (Fsp3) is 0.393. The third-order valence-electron chi connectivity index (χ3n) is 6.99. The molecule has 2 aliphatic rings. The van der Waals surface area contributed by atoms with Crippen molar-refractivity contribution < 1.29 is 9.53 Å². The highest BCUT2D eigenvalue weighted by molar-refractivity contribution is 6.33. The van der Waals surface area contributed by atoms with E-state index in [4.69, 9.17) is 21.3 Å². The molecule has 3 heterocycles. The lowest BCUT2D eigenvalue weighted by Gasteiger charge is -2.36. The van der Waals surface area contributed by atoms with Gasteiger partial charge in [0.1, 0.15) is 5.75 Å². The number of rotatable bonds is 7. The molecule has 5 rings (SSSR count). The number of ether oxygens (including phenoxy) is 1. The number of nitrogens with zero attached hydrogens (tertiary/aromatic N) is 5. The van der Waals surface area contributed by atoms with Crippen LogP contribution in [-0.4, -0.2) is 84.6 Å². The van der Waals surface area contributed by atoms with Gasteiger partial charge in [-0.25, -0.2) is 4.98 Å². The van der Waals surface area contributed by atoms with Crippen LogP contribution in [0.25, 0.3) is 0 Å². The lowest BCUT2D eigenvalue weighted by atomic mass is 10.2. The summed E-state index contributed by atoms with van der Waals surface area (Å²) >= 11 is 6.38. The van der Waals surface area contributed by atoms with Gasteiger partial charge in [0.15, 0.2) is 6.61 Å². The van der Waals surface area contributed by atoms with Crippen molar-refractivity contribution in [1.82, 2.24) is 19.8 Å². The Balaban J connectivity index is 1.15. The van der Waals surface area contributed by atoms with Gasteiger partial charge in [0.05, 0.1) is 16.4 Å². The summed E-state index contributed by atoms with van der Waals surface area (Å²) < 4.78 is 5.64. The van der Waals surface area contributed by atoms with E-state index in [1.54, 1.807) is 6.07 Å². The first-order valence-corrected chi connectivity index (χ1v) is 13.5. The summed E-state index contributed by atoms with van der Waals surface area (Å²) in [6, 6.07) is 18.8. The summed E-state index contributed by atoms with van der Waals surface area (Å²) in [4.78, 5) is 41.4. The minimum atomic E-state index is -0.159. The summed E-state index contributed by atoms with van der Waals surface area (Å²) in [7, 11) is 0. The van der Waals surface area contributed by atoms with Crippen molar-refractivity contribution in [3.8, 4) is 5.75 Å². The average molecular weight is 537 g/mol. The molecule has 0 unspecified atom stereocenters. The number of piperazine rings is 1. The van der Waals surface area contributed by atoms with Crippen molar-refractivity contribution in [3.63, 3.8) is 0 Å². The Morgan fingerprint density at radius 1 is 0.895 bits per heavy atom. The van der Waals surface area contributed by atoms with E-state index in [1.807, 2.05) is 53.4 Å². The maximum Gasteiger partial charge on any atom is 0.260 e. The van der Waals surface area contributed by atoms with Gasteiger partial charge < -0.3 is 19.4 Å². The van der Waals surface area contributed by atoms with Crippen LogP contribution in [0, 0.1) is 0 Å². The Morgan fingerprint density at radius 3 is 2.42 bits per heavy atom. The molecule has 200 valence electrons. The molecule has 0 bridgehead atoms. The van der Waals surface area contributed by atoms with Gasteiger partial charge in [0.2, 0.25) is 5.95 Å². The number of aromatic nitrogens is 2. The van der Waals surface area contributed by atoms with Crippen molar-refractivity contribution >= 4 is 29.1 Å². The third kappa shape index (κ3) is 6.65. The summed E-state index contributed by atoms with van der Waals surface area (Å²) in [5, 5.41) is 0.767. The first kappa shape index (κ1) is 26.1.